The number of aromatic nitrogens is 3. The lowest BCUT2D eigenvalue weighted by atomic mass is 9.52. The zero-order valence-electron chi connectivity index (χ0n) is 26.5. The predicted octanol–water partition coefficient (Wildman–Crippen LogP) is 5.66. The minimum atomic E-state index is -0.892. The van der Waals surface area contributed by atoms with Crippen molar-refractivity contribution in [1.82, 2.24) is 19.9 Å². The smallest absolute Gasteiger partial charge is 0.319 e. The van der Waals surface area contributed by atoms with Crippen molar-refractivity contribution >= 4 is 27.5 Å². The van der Waals surface area contributed by atoms with Crippen molar-refractivity contribution in [3.05, 3.63) is 47.9 Å². The van der Waals surface area contributed by atoms with Crippen LogP contribution in [0.5, 0.6) is 11.8 Å². The zero-order chi connectivity index (χ0) is 31.8. The van der Waals surface area contributed by atoms with Crippen LogP contribution in [0.2, 0.25) is 0 Å². The maximum absolute atomic E-state index is 17.0. The number of nitrogens with zero attached hydrogens (tertiary/aromatic N) is 5. The summed E-state index contributed by atoms with van der Waals surface area (Å²) in [6.45, 7) is 4.89. The fraction of sp³-hybridized carbons (Fsp3) is 0.541. The number of halogens is 2. The Morgan fingerprint density at radius 3 is 2.87 bits per heavy atom. The van der Waals surface area contributed by atoms with E-state index in [9.17, 15) is 10.2 Å². The standard InChI is InChI=1S/C37H39F2N5O3/c1-2-19-5-3-6-20-9-23(45)11-25(29(19)20)31-30(39)32-26(14-40-31)34(44-15-21-10-24(21)28(46)17-44)42-35(41-32)47-18-37-12-22(38)16-43-8-4-7-36(37)13-27(36)33(37)43/h3,5-6,9,11,14,21-22,24,27-28,33,45-46H,2,4,7-8,10,12-13,15-18H2,1H3/t21?,22-,24?,27?,28?,33?,36?,37-/m1/s1. The second-order valence-corrected chi connectivity index (χ2v) is 15.3. The highest BCUT2D eigenvalue weighted by molar-refractivity contribution is 6.01. The minimum Gasteiger partial charge on any atom is -0.508 e. The van der Waals surface area contributed by atoms with Crippen molar-refractivity contribution in [2.45, 2.75) is 63.8 Å². The van der Waals surface area contributed by atoms with Crippen LogP contribution in [0.4, 0.5) is 14.6 Å². The van der Waals surface area contributed by atoms with Gasteiger partial charge in [-0.3, -0.25) is 9.88 Å². The third-order valence-electron chi connectivity index (χ3n) is 13.0. The van der Waals surface area contributed by atoms with Gasteiger partial charge in [-0.25, -0.2) is 8.78 Å². The summed E-state index contributed by atoms with van der Waals surface area (Å²) in [6.07, 6.45) is 5.74. The number of phenols is 1. The molecule has 7 fully saturated rings. The van der Waals surface area contributed by atoms with E-state index < -0.39 is 18.1 Å². The number of phenolic OH excluding ortho intramolecular Hbond substituents is 1. The molecule has 7 unspecified atom stereocenters. The van der Waals surface area contributed by atoms with Crippen LogP contribution in [0.15, 0.2) is 36.5 Å². The van der Waals surface area contributed by atoms with Crippen LogP contribution in [0.3, 0.4) is 0 Å². The van der Waals surface area contributed by atoms with Gasteiger partial charge in [0.1, 0.15) is 28.9 Å². The fourth-order valence-electron chi connectivity index (χ4n) is 10.8. The number of hydrogen-bond acceptors (Lipinski definition) is 8. The van der Waals surface area contributed by atoms with Gasteiger partial charge in [0.15, 0.2) is 5.82 Å². The van der Waals surface area contributed by atoms with Crippen LogP contribution in [-0.2, 0) is 6.42 Å². The number of benzene rings is 2. The Kier molecular flexibility index (Phi) is 5.87. The molecular weight excluding hydrogens is 600 g/mol. The molecule has 4 saturated heterocycles. The molecule has 244 valence electrons. The molecule has 1 spiro atoms. The van der Waals surface area contributed by atoms with E-state index in [1.165, 1.54) is 0 Å². The maximum Gasteiger partial charge on any atom is 0.319 e. The molecule has 3 aliphatic carbocycles. The Labute approximate surface area is 271 Å². The molecule has 0 amide bonds. The Morgan fingerprint density at radius 2 is 2.02 bits per heavy atom. The lowest BCUT2D eigenvalue weighted by Crippen LogP contribution is -2.68. The first-order valence-electron chi connectivity index (χ1n) is 17.4. The van der Waals surface area contributed by atoms with Crippen LogP contribution in [0.1, 0.15) is 44.6 Å². The van der Waals surface area contributed by atoms with Gasteiger partial charge in [0, 0.05) is 42.9 Å². The number of alkyl halides is 1. The molecule has 6 heterocycles. The second kappa shape index (κ2) is 9.72. The summed E-state index contributed by atoms with van der Waals surface area (Å²) in [5.74, 6) is 1.21. The summed E-state index contributed by atoms with van der Waals surface area (Å²) in [5, 5.41) is 23.6. The first kappa shape index (κ1) is 28.4. The van der Waals surface area contributed by atoms with E-state index in [0.29, 0.717) is 73.2 Å². The SMILES string of the molecule is CCc1cccc2cc(O)cc(-c3ncc4c(N5CC(O)C6CC6C5)nc(OC[C@@]56C[C@@H](F)CN7CCCC58CC8C76)nc4c3F)c12. The third-order valence-corrected chi connectivity index (χ3v) is 13.0. The summed E-state index contributed by atoms with van der Waals surface area (Å²) < 4.78 is 38.7. The number of aliphatic hydroxyl groups excluding tert-OH is 1. The Balaban J connectivity index is 1.10. The highest BCUT2D eigenvalue weighted by atomic mass is 19.1. The monoisotopic (exact) mass is 639 g/mol. The number of aromatic hydroxyl groups is 1. The summed E-state index contributed by atoms with van der Waals surface area (Å²) in [4.78, 5) is 18.6. The number of aliphatic hydroxyl groups is 1. The van der Waals surface area contributed by atoms with E-state index in [1.807, 2.05) is 30.0 Å². The Hall–Kier alpha value is -3.63. The largest absolute Gasteiger partial charge is 0.508 e. The molecule has 4 aromatic rings. The predicted molar refractivity (Wildman–Crippen MR) is 174 cm³/mol. The van der Waals surface area contributed by atoms with Crippen molar-refractivity contribution in [1.29, 1.82) is 0 Å². The fourth-order valence-corrected chi connectivity index (χ4v) is 10.8. The molecule has 8 nitrogen and oxygen atoms in total. The van der Waals surface area contributed by atoms with Crippen LogP contribution in [0, 0.1) is 34.4 Å². The number of piperidine rings is 2. The second-order valence-electron chi connectivity index (χ2n) is 15.3. The highest BCUT2D eigenvalue weighted by Gasteiger charge is 2.84. The van der Waals surface area contributed by atoms with Gasteiger partial charge in [0.2, 0.25) is 0 Å². The summed E-state index contributed by atoms with van der Waals surface area (Å²) in [7, 11) is 0. The number of aryl methyl sites for hydroxylation is 1. The van der Waals surface area contributed by atoms with E-state index in [-0.39, 0.29) is 33.8 Å². The average Bonchev–Trinajstić information content (AvgIpc) is 3.97. The Morgan fingerprint density at radius 1 is 1.13 bits per heavy atom. The lowest BCUT2D eigenvalue weighted by molar-refractivity contribution is -0.155. The molecule has 9 atom stereocenters. The van der Waals surface area contributed by atoms with Crippen molar-refractivity contribution in [3.63, 3.8) is 0 Å². The maximum atomic E-state index is 17.0. The number of fused-ring (bicyclic) bond motifs is 5. The summed E-state index contributed by atoms with van der Waals surface area (Å²) in [6, 6.07) is 9.50. The van der Waals surface area contributed by atoms with E-state index >= 15 is 8.78 Å². The van der Waals surface area contributed by atoms with E-state index in [0.717, 1.165) is 55.0 Å². The molecule has 4 aliphatic heterocycles. The molecule has 2 aromatic carbocycles. The Bertz CT molecular complexity index is 1980. The van der Waals surface area contributed by atoms with Gasteiger partial charge in [0.05, 0.1) is 18.1 Å². The molecule has 10 heteroatoms. The quantitative estimate of drug-likeness (QED) is 0.279. The molecule has 4 bridgehead atoms. The average molecular weight is 640 g/mol. The topological polar surface area (TPSA) is 94.8 Å². The van der Waals surface area contributed by atoms with E-state index in [2.05, 4.69) is 9.88 Å². The van der Waals surface area contributed by atoms with E-state index in [1.54, 1.807) is 18.3 Å². The lowest BCUT2D eigenvalue weighted by Gasteiger charge is -2.60. The molecule has 3 saturated carbocycles. The van der Waals surface area contributed by atoms with Gasteiger partial charge < -0.3 is 19.8 Å². The minimum absolute atomic E-state index is 0.0300. The van der Waals surface area contributed by atoms with Gasteiger partial charge in [-0.15, -0.1) is 0 Å². The number of rotatable bonds is 6. The number of anilines is 1. The van der Waals surface area contributed by atoms with Gasteiger partial charge >= 0.3 is 6.01 Å². The highest BCUT2D eigenvalue weighted by Crippen LogP contribution is 2.83. The molecule has 7 aliphatic rings. The van der Waals surface area contributed by atoms with Crippen molar-refractivity contribution in [2.24, 2.45) is 28.6 Å². The summed E-state index contributed by atoms with van der Waals surface area (Å²) in [5.41, 5.74) is 1.56. The van der Waals surface area contributed by atoms with Gasteiger partial charge in [-0.1, -0.05) is 25.1 Å². The molecule has 2 N–H and O–H groups in total. The van der Waals surface area contributed by atoms with Crippen molar-refractivity contribution in [2.75, 3.05) is 37.7 Å². The van der Waals surface area contributed by atoms with E-state index in [4.69, 9.17) is 14.7 Å². The number of β-amino-alcohol motifs (C(OH)–C–C–N with tert-alkyl or cyclic N) is 1. The van der Waals surface area contributed by atoms with Crippen LogP contribution < -0.4 is 9.64 Å². The number of hydrogen-bond donors (Lipinski definition) is 2. The zero-order valence-corrected chi connectivity index (χ0v) is 26.5. The first-order valence-corrected chi connectivity index (χ1v) is 17.4. The molecular formula is C37H39F2N5O3. The third kappa shape index (κ3) is 3.88. The number of pyridine rings is 1. The molecule has 2 aromatic heterocycles. The van der Waals surface area contributed by atoms with Crippen molar-refractivity contribution in [3.8, 4) is 23.0 Å². The molecule has 11 rings (SSSR count). The van der Waals surface area contributed by atoms with Crippen LogP contribution >= 0.6 is 0 Å². The normalized spacial score (nSPS) is 36.3. The summed E-state index contributed by atoms with van der Waals surface area (Å²) >= 11 is 0. The number of ether oxygens (including phenoxy) is 1. The molecule has 0 radical (unpaired) electrons. The van der Waals surface area contributed by atoms with Crippen LogP contribution in [0.25, 0.3) is 32.9 Å². The molecule has 47 heavy (non-hydrogen) atoms. The first-order chi connectivity index (χ1) is 22.8. The van der Waals surface area contributed by atoms with Gasteiger partial charge in [-0.05, 0) is 96.7 Å². The van der Waals surface area contributed by atoms with Gasteiger partial charge in [0.25, 0.3) is 0 Å². The van der Waals surface area contributed by atoms with Crippen molar-refractivity contribution < 1.29 is 23.7 Å². The van der Waals surface area contributed by atoms with Gasteiger partial charge in [-0.2, -0.15) is 9.97 Å². The van der Waals surface area contributed by atoms with Crippen LogP contribution in [-0.4, -0.2) is 81.2 Å².